The van der Waals surface area contributed by atoms with Gasteiger partial charge < -0.3 is 10.4 Å². The molecule has 26 heavy (non-hydrogen) atoms. The molecule has 0 fully saturated rings. The fourth-order valence-electron chi connectivity index (χ4n) is 2.33. The van der Waals surface area contributed by atoms with E-state index in [2.05, 4.69) is 15.4 Å². The first kappa shape index (κ1) is 17.5. The number of sulfonamides is 1. The van der Waals surface area contributed by atoms with E-state index < -0.39 is 21.9 Å². The minimum atomic E-state index is -3.84. The summed E-state index contributed by atoms with van der Waals surface area (Å²) in [6.45, 7) is 1.57. The number of carbonyl (C=O) groups is 2. The molecular weight excluding hydrogens is 362 g/mol. The molecule has 0 unspecified atom stereocenters. The second-order valence-electron chi connectivity index (χ2n) is 5.38. The highest BCUT2D eigenvalue weighted by Gasteiger charge is 2.17. The Bertz CT molecular complexity index is 1140. The van der Waals surface area contributed by atoms with Gasteiger partial charge in [0.1, 0.15) is 5.69 Å². The molecule has 11 heteroatoms. The zero-order valence-electron chi connectivity index (χ0n) is 13.4. The van der Waals surface area contributed by atoms with Crippen molar-refractivity contribution in [1.82, 2.24) is 14.6 Å². The summed E-state index contributed by atoms with van der Waals surface area (Å²) < 4.78 is 23.8. The third-order valence-electron chi connectivity index (χ3n) is 3.69. The van der Waals surface area contributed by atoms with Gasteiger partial charge in [0.2, 0.25) is 10.0 Å². The minimum absolute atomic E-state index is 0.00272. The maximum atomic E-state index is 12.3. The van der Waals surface area contributed by atoms with Crippen LogP contribution in [0.5, 0.6) is 0 Å². The number of fused-ring (bicyclic) bond motifs is 1. The van der Waals surface area contributed by atoms with E-state index in [4.69, 9.17) is 10.2 Å². The zero-order valence-corrected chi connectivity index (χ0v) is 14.2. The van der Waals surface area contributed by atoms with E-state index in [1.165, 1.54) is 41.2 Å². The zero-order chi connectivity index (χ0) is 19.1. The number of hydrogen-bond donors (Lipinski definition) is 3. The molecule has 0 saturated heterocycles. The molecule has 0 aliphatic rings. The number of nitrogens with two attached hydrogens (primary N) is 1. The minimum Gasteiger partial charge on any atom is -0.478 e. The third kappa shape index (κ3) is 3.12. The van der Waals surface area contributed by atoms with Gasteiger partial charge in [-0.3, -0.25) is 4.79 Å². The van der Waals surface area contributed by atoms with Gasteiger partial charge in [-0.05, 0) is 31.2 Å². The van der Waals surface area contributed by atoms with E-state index in [0.717, 1.165) is 0 Å². The number of anilines is 1. The average molecular weight is 375 g/mol. The molecule has 0 aliphatic heterocycles. The van der Waals surface area contributed by atoms with Crippen molar-refractivity contribution in [3.63, 3.8) is 0 Å². The molecular formula is C15H13N5O5S. The number of nitrogens with zero attached hydrogens (tertiary/aromatic N) is 3. The highest BCUT2D eigenvalue weighted by atomic mass is 32.2. The predicted molar refractivity (Wildman–Crippen MR) is 90.5 cm³/mol. The monoisotopic (exact) mass is 375 g/mol. The maximum Gasteiger partial charge on any atom is 0.339 e. The lowest BCUT2D eigenvalue weighted by molar-refractivity contribution is 0.0694. The molecule has 3 aromatic rings. The number of carbonyl (C=O) groups excluding carboxylic acids is 1. The summed E-state index contributed by atoms with van der Waals surface area (Å²) >= 11 is 0. The first-order valence-corrected chi connectivity index (χ1v) is 8.74. The number of carboxylic acids is 1. The second kappa shape index (κ2) is 6.20. The van der Waals surface area contributed by atoms with Crippen molar-refractivity contribution in [1.29, 1.82) is 0 Å². The molecule has 0 radical (unpaired) electrons. The number of benzene rings is 1. The van der Waals surface area contributed by atoms with Crippen molar-refractivity contribution in [3.05, 3.63) is 53.5 Å². The van der Waals surface area contributed by atoms with Gasteiger partial charge in [0.25, 0.3) is 5.91 Å². The van der Waals surface area contributed by atoms with Crippen LogP contribution in [-0.2, 0) is 10.0 Å². The van der Waals surface area contributed by atoms with Gasteiger partial charge in [0, 0.05) is 11.8 Å². The van der Waals surface area contributed by atoms with Gasteiger partial charge in [0.05, 0.1) is 22.3 Å². The molecule has 4 N–H and O–H groups in total. The van der Waals surface area contributed by atoms with Gasteiger partial charge in [0.15, 0.2) is 5.65 Å². The van der Waals surface area contributed by atoms with Crippen LogP contribution in [0.1, 0.15) is 26.4 Å². The number of nitrogens with one attached hydrogen (secondary N) is 1. The average Bonchev–Trinajstić information content (AvgIpc) is 2.98. The van der Waals surface area contributed by atoms with Crippen molar-refractivity contribution in [2.75, 3.05) is 5.32 Å². The maximum absolute atomic E-state index is 12.3. The number of amides is 1. The van der Waals surface area contributed by atoms with Crippen LogP contribution in [0.25, 0.3) is 5.65 Å². The summed E-state index contributed by atoms with van der Waals surface area (Å²) in [5, 5.41) is 20.8. The standard InChI is InChI=1S/C15H13N5O5S/c1-8-11(15(22)23)6-17-13-12(7-18-20(8)13)19-14(21)9-2-4-10(5-3-9)26(16,24)25/h2-7H,1H3,(H,19,21)(H,22,23)(H2,16,24,25). The van der Waals surface area contributed by atoms with Crippen LogP contribution >= 0.6 is 0 Å². The molecule has 0 spiro atoms. The number of rotatable bonds is 4. The van der Waals surface area contributed by atoms with Crippen LogP contribution < -0.4 is 10.5 Å². The van der Waals surface area contributed by atoms with Crippen LogP contribution in [0.2, 0.25) is 0 Å². The fourth-order valence-corrected chi connectivity index (χ4v) is 2.85. The summed E-state index contributed by atoms with van der Waals surface area (Å²) in [7, 11) is -3.84. The molecule has 3 rings (SSSR count). The highest BCUT2D eigenvalue weighted by molar-refractivity contribution is 7.89. The van der Waals surface area contributed by atoms with Gasteiger partial charge in [-0.25, -0.2) is 27.9 Å². The van der Waals surface area contributed by atoms with Crippen molar-refractivity contribution in [2.45, 2.75) is 11.8 Å². The van der Waals surface area contributed by atoms with E-state index in [9.17, 15) is 18.0 Å². The lowest BCUT2D eigenvalue weighted by Crippen LogP contribution is -2.14. The summed E-state index contributed by atoms with van der Waals surface area (Å²) in [4.78, 5) is 27.4. The summed E-state index contributed by atoms with van der Waals surface area (Å²) in [6.07, 6.45) is 2.53. The number of hydrogen-bond acceptors (Lipinski definition) is 6. The van der Waals surface area contributed by atoms with Crippen LogP contribution in [0.4, 0.5) is 5.69 Å². The normalized spacial score (nSPS) is 11.5. The highest BCUT2D eigenvalue weighted by Crippen LogP contribution is 2.19. The summed E-state index contributed by atoms with van der Waals surface area (Å²) in [6, 6.07) is 5.09. The quantitative estimate of drug-likeness (QED) is 0.603. The predicted octanol–water partition coefficient (Wildman–Crippen LogP) is 0.636. The molecule has 1 amide bonds. The SMILES string of the molecule is Cc1c(C(=O)O)cnc2c(NC(=O)c3ccc(S(N)(=O)=O)cc3)cnn12. The lowest BCUT2D eigenvalue weighted by atomic mass is 10.2. The van der Waals surface area contributed by atoms with E-state index in [1.807, 2.05) is 0 Å². The molecule has 0 bridgehead atoms. The third-order valence-corrected chi connectivity index (χ3v) is 4.62. The lowest BCUT2D eigenvalue weighted by Gasteiger charge is -2.06. The van der Waals surface area contributed by atoms with Crippen molar-refractivity contribution < 1.29 is 23.1 Å². The Hall–Kier alpha value is -3.31. The van der Waals surface area contributed by atoms with Gasteiger partial charge in [-0.2, -0.15) is 5.10 Å². The molecule has 134 valence electrons. The number of primary sulfonamides is 1. The molecule has 0 saturated carbocycles. The van der Waals surface area contributed by atoms with Crippen molar-refractivity contribution >= 4 is 33.2 Å². The van der Waals surface area contributed by atoms with Crippen LogP contribution in [-0.4, -0.2) is 40.0 Å². The number of carboxylic acid groups (broad SMARTS) is 1. The topological polar surface area (TPSA) is 157 Å². The molecule has 10 nitrogen and oxygen atoms in total. The van der Waals surface area contributed by atoms with Gasteiger partial charge in [-0.1, -0.05) is 0 Å². The Morgan fingerprint density at radius 3 is 2.42 bits per heavy atom. The van der Waals surface area contributed by atoms with E-state index in [-0.39, 0.29) is 27.4 Å². The molecule has 0 aliphatic carbocycles. The number of aromatic carboxylic acids is 1. The van der Waals surface area contributed by atoms with E-state index in [0.29, 0.717) is 5.69 Å². The van der Waals surface area contributed by atoms with Crippen molar-refractivity contribution in [3.8, 4) is 0 Å². The molecule has 1 aromatic carbocycles. The Balaban J connectivity index is 1.90. The smallest absolute Gasteiger partial charge is 0.339 e. The molecule has 0 atom stereocenters. The molecule has 2 heterocycles. The first-order chi connectivity index (χ1) is 12.2. The summed E-state index contributed by atoms with van der Waals surface area (Å²) in [5.74, 6) is -1.64. The Morgan fingerprint density at radius 2 is 1.85 bits per heavy atom. The van der Waals surface area contributed by atoms with E-state index in [1.54, 1.807) is 6.92 Å². The van der Waals surface area contributed by atoms with Crippen LogP contribution in [0.3, 0.4) is 0 Å². The Labute approximate surface area is 147 Å². The Kier molecular flexibility index (Phi) is 4.18. The first-order valence-electron chi connectivity index (χ1n) is 7.19. The van der Waals surface area contributed by atoms with Gasteiger partial charge in [-0.15, -0.1) is 0 Å². The molecule has 2 aromatic heterocycles. The van der Waals surface area contributed by atoms with Crippen LogP contribution in [0, 0.1) is 6.92 Å². The summed E-state index contributed by atoms with van der Waals surface area (Å²) in [5.41, 5.74) is 1.13. The number of aryl methyl sites for hydroxylation is 1. The van der Waals surface area contributed by atoms with Crippen LogP contribution in [0.15, 0.2) is 41.6 Å². The second-order valence-corrected chi connectivity index (χ2v) is 6.94. The fraction of sp³-hybridized carbons (Fsp3) is 0.0667. The van der Waals surface area contributed by atoms with Crippen molar-refractivity contribution in [2.24, 2.45) is 5.14 Å². The van der Waals surface area contributed by atoms with Gasteiger partial charge >= 0.3 is 5.97 Å². The largest absolute Gasteiger partial charge is 0.478 e. The van der Waals surface area contributed by atoms with E-state index >= 15 is 0 Å². The Morgan fingerprint density at radius 1 is 1.19 bits per heavy atom. The number of aromatic nitrogens is 3.